The van der Waals surface area contributed by atoms with Gasteiger partial charge in [0.05, 0.1) is 12.7 Å². The molecule has 2 rings (SSSR count). The number of Topliss-reactive ketones (excluding diaryl/α,β-unsaturated/α-hetero) is 2. The van der Waals surface area contributed by atoms with E-state index in [9.17, 15) is 9.59 Å². The molecule has 86 valence electrons. The van der Waals surface area contributed by atoms with E-state index in [0.717, 1.165) is 5.56 Å². The number of hydrogen-bond acceptors (Lipinski definition) is 3. The molecule has 0 fully saturated rings. The highest BCUT2D eigenvalue weighted by Gasteiger charge is 2.16. The quantitative estimate of drug-likeness (QED) is 0.597. The largest absolute Gasteiger partial charge is 0.461 e. The van der Waals surface area contributed by atoms with E-state index in [0.29, 0.717) is 5.56 Å². The standard InChI is InChI=1S/C14H12O3/c1-10-5-2-3-6-11(10)12(15)9-13(16)14-7-4-8-17-14/h2-8H,9H2,1H3. The smallest absolute Gasteiger partial charge is 0.205 e. The van der Waals surface area contributed by atoms with Gasteiger partial charge >= 0.3 is 0 Å². The second kappa shape index (κ2) is 4.78. The molecular formula is C14H12O3. The van der Waals surface area contributed by atoms with Crippen LogP contribution in [0.3, 0.4) is 0 Å². The first-order valence-electron chi connectivity index (χ1n) is 5.34. The normalized spacial score (nSPS) is 10.2. The van der Waals surface area contributed by atoms with Crippen LogP contribution >= 0.6 is 0 Å². The summed E-state index contributed by atoms with van der Waals surface area (Å²) in [5.74, 6) is -0.236. The molecular weight excluding hydrogens is 216 g/mol. The minimum absolute atomic E-state index is 0.154. The Hall–Kier alpha value is -2.16. The summed E-state index contributed by atoms with van der Waals surface area (Å²) in [5.41, 5.74) is 1.47. The Bertz CT molecular complexity index is 538. The molecule has 3 heteroatoms. The van der Waals surface area contributed by atoms with Gasteiger partial charge in [0.1, 0.15) is 0 Å². The molecule has 0 radical (unpaired) electrons. The molecule has 0 saturated carbocycles. The van der Waals surface area contributed by atoms with Crippen LogP contribution in [0.4, 0.5) is 0 Å². The number of aryl methyl sites for hydroxylation is 1. The lowest BCUT2D eigenvalue weighted by molar-refractivity contribution is 0.0878. The molecule has 0 aliphatic carbocycles. The van der Waals surface area contributed by atoms with Crippen LogP contribution in [0.2, 0.25) is 0 Å². The van der Waals surface area contributed by atoms with Crippen molar-refractivity contribution in [3.63, 3.8) is 0 Å². The van der Waals surface area contributed by atoms with Crippen LogP contribution in [-0.4, -0.2) is 11.6 Å². The van der Waals surface area contributed by atoms with Gasteiger partial charge in [0.2, 0.25) is 5.78 Å². The zero-order valence-corrected chi connectivity index (χ0v) is 9.47. The summed E-state index contributed by atoms with van der Waals surface area (Å²) >= 11 is 0. The van der Waals surface area contributed by atoms with Crippen LogP contribution < -0.4 is 0 Å². The zero-order chi connectivity index (χ0) is 12.3. The van der Waals surface area contributed by atoms with E-state index < -0.39 is 0 Å². The Morgan fingerprint density at radius 2 is 1.82 bits per heavy atom. The molecule has 0 unspecified atom stereocenters. The third-order valence-electron chi connectivity index (χ3n) is 2.56. The summed E-state index contributed by atoms with van der Waals surface area (Å²) < 4.78 is 4.96. The molecule has 17 heavy (non-hydrogen) atoms. The van der Waals surface area contributed by atoms with Gasteiger partial charge in [-0.1, -0.05) is 24.3 Å². The van der Waals surface area contributed by atoms with E-state index in [-0.39, 0.29) is 23.7 Å². The summed E-state index contributed by atoms with van der Waals surface area (Å²) in [6, 6.07) is 10.4. The SMILES string of the molecule is Cc1ccccc1C(=O)CC(=O)c1ccco1. The van der Waals surface area contributed by atoms with Gasteiger partial charge < -0.3 is 4.42 Å². The number of hydrogen-bond donors (Lipinski definition) is 0. The second-order valence-corrected chi connectivity index (χ2v) is 3.82. The van der Waals surface area contributed by atoms with Crippen LogP contribution in [0.5, 0.6) is 0 Å². The van der Waals surface area contributed by atoms with Crippen LogP contribution in [0.1, 0.15) is 32.9 Å². The summed E-state index contributed by atoms with van der Waals surface area (Å²) in [6.07, 6.45) is 1.27. The predicted molar refractivity (Wildman–Crippen MR) is 63.2 cm³/mol. The van der Waals surface area contributed by atoms with Crippen LogP contribution in [0, 0.1) is 6.92 Å². The number of furan rings is 1. The van der Waals surface area contributed by atoms with E-state index in [4.69, 9.17) is 4.42 Å². The van der Waals surface area contributed by atoms with Gasteiger partial charge in [0.15, 0.2) is 11.5 Å². The number of carbonyl (C=O) groups is 2. The van der Waals surface area contributed by atoms with Gasteiger partial charge in [0.25, 0.3) is 0 Å². The van der Waals surface area contributed by atoms with Crippen molar-refractivity contribution >= 4 is 11.6 Å². The van der Waals surface area contributed by atoms with Gasteiger partial charge in [-0.3, -0.25) is 9.59 Å². The first-order chi connectivity index (χ1) is 8.18. The highest BCUT2D eigenvalue weighted by molar-refractivity contribution is 6.13. The first-order valence-corrected chi connectivity index (χ1v) is 5.34. The van der Waals surface area contributed by atoms with Crippen molar-refractivity contribution in [1.29, 1.82) is 0 Å². The molecule has 3 nitrogen and oxygen atoms in total. The molecule has 0 atom stereocenters. The molecule has 0 aliphatic heterocycles. The lowest BCUT2D eigenvalue weighted by Crippen LogP contribution is -2.09. The van der Waals surface area contributed by atoms with Crippen LogP contribution in [0.15, 0.2) is 47.1 Å². The lowest BCUT2D eigenvalue weighted by atomic mass is 10.0. The average Bonchev–Trinajstić information content (AvgIpc) is 2.82. The molecule has 1 heterocycles. The van der Waals surface area contributed by atoms with Crippen molar-refractivity contribution < 1.29 is 14.0 Å². The predicted octanol–water partition coefficient (Wildman–Crippen LogP) is 3.04. The fourth-order valence-corrected chi connectivity index (χ4v) is 1.65. The van der Waals surface area contributed by atoms with E-state index >= 15 is 0 Å². The van der Waals surface area contributed by atoms with Gasteiger partial charge in [-0.25, -0.2) is 0 Å². The molecule has 0 aliphatic rings. The van der Waals surface area contributed by atoms with Crippen molar-refractivity contribution in [2.45, 2.75) is 13.3 Å². The highest BCUT2D eigenvalue weighted by atomic mass is 16.3. The average molecular weight is 228 g/mol. The molecule has 1 aromatic carbocycles. The van der Waals surface area contributed by atoms with Crippen molar-refractivity contribution in [2.24, 2.45) is 0 Å². The molecule has 0 spiro atoms. The second-order valence-electron chi connectivity index (χ2n) is 3.82. The number of ketones is 2. The molecule has 0 bridgehead atoms. The van der Waals surface area contributed by atoms with E-state index in [1.54, 1.807) is 24.3 Å². The maximum Gasteiger partial charge on any atom is 0.205 e. The van der Waals surface area contributed by atoms with Gasteiger partial charge in [-0.05, 0) is 24.6 Å². The van der Waals surface area contributed by atoms with Gasteiger partial charge in [0, 0.05) is 5.56 Å². The molecule has 2 aromatic rings. The van der Waals surface area contributed by atoms with Crippen molar-refractivity contribution in [3.05, 3.63) is 59.5 Å². The van der Waals surface area contributed by atoms with Crippen molar-refractivity contribution in [2.75, 3.05) is 0 Å². The third-order valence-corrected chi connectivity index (χ3v) is 2.56. The molecule has 0 N–H and O–H groups in total. The maximum absolute atomic E-state index is 11.9. The van der Waals surface area contributed by atoms with E-state index in [1.807, 2.05) is 19.1 Å². The lowest BCUT2D eigenvalue weighted by Gasteiger charge is -2.02. The third kappa shape index (κ3) is 2.50. The Balaban J connectivity index is 2.13. The fourth-order valence-electron chi connectivity index (χ4n) is 1.65. The summed E-state index contributed by atoms with van der Waals surface area (Å²) in [6.45, 7) is 1.85. The Morgan fingerprint density at radius 3 is 2.47 bits per heavy atom. The molecule has 0 amide bonds. The number of carbonyl (C=O) groups excluding carboxylic acids is 2. The maximum atomic E-state index is 11.9. The van der Waals surface area contributed by atoms with Gasteiger partial charge in [-0.15, -0.1) is 0 Å². The monoisotopic (exact) mass is 228 g/mol. The highest BCUT2D eigenvalue weighted by Crippen LogP contribution is 2.12. The summed E-state index contributed by atoms with van der Waals surface area (Å²) in [7, 11) is 0. The first kappa shape index (κ1) is 11.3. The van der Waals surface area contributed by atoms with Crippen molar-refractivity contribution in [1.82, 2.24) is 0 Å². The van der Waals surface area contributed by atoms with Crippen LogP contribution in [-0.2, 0) is 0 Å². The minimum atomic E-state index is -0.289. The number of rotatable bonds is 4. The summed E-state index contributed by atoms with van der Waals surface area (Å²) in [5, 5.41) is 0. The summed E-state index contributed by atoms with van der Waals surface area (Å²) in [4.78, 5) is 23.6. The number of benzene rings is 1. The molecule has 1 aromatic heterocycles. The minimum Gasteiger partial charge on any atom is -0.461 e. The van der Waals surface area contributed by atoms with E-state index in [2.05, 4.69) is 0 Å². The fraction of sp³-hybridized carbons (Fsp3) is 0.143. The van der Waals surface area contributed by atoms with E-state index in [1.165, 1.54) is 6.26 Å². The Labute approximate surface area is 99.1 Å². The van der Waals surface area contributed by atoms with Crippen LogP contribution in [0.25, 0.3) is 0 Å². The zero-order valence-electron chi connectivity index (χ0n) is 9.47. The van der Waals surface area contributed by atoms with Gasteiger partial charge in [-0.2, -0.15) is 0 Å². The van der Waals surface area contributed by atoms with Crippen molar-refractivity contribution in [3.8, 4) is 0 Å². The Kier molecular flexibility index (Phi) is 3.19. The topological polar surface area (TPSA) is 47.3 Å². The molecule has 0 saturated heterocycles. The Morgan fingerprint density at radius 1 is 1.06 bits per heavy atom.